The number of carbonyl (C=O) groups is 2. The molecule has 0 radical (unpaired) electrons. The van der Waals surface area contributed by atoms with Crippen LogP contribution >= 0.6 is 11.8 Å². The van der Waals surface area contributed by atoms with Crippen molar-refractivity contribution in [2.24, 2.45) is 0 Å². The number of ether oxygens (including phenoxy) is 1. The van der Waals surface area contributed by atoms with Gasteiger partial charge in [0.2, 0.25) is 5.91 Å². The number of methoxy groups -OCH3 is 1. The van der Waals surface area contributed by atoms with Crippen molar-refractivity contribution in [3.63, 3.8) is 0 Å². The standard InChI is InChI=1S/C23H22N2O3S/c1-16-3-7-18(8-4-16)24-22(26)15-29-21-13-9-19(10-14-21)25-23(27)17-5-11-20(28-2)12-6-17/h3-14H,15H2,1-2H3,(H,24,26)(H,25,27). The lowest BCUT2D eigenvalue weighted by atomic mass is 10.2. The number of amides is 2. The van der Waals surface area contributed by atoms with Gasteiger partial charge in [0, 0.05) is 21.8 Å². The molecule has 148 valence electrons. The number of benzene rings is 3. The van der Waals surface area contributed by atoms with E-state index in [9.17, 15) is 9.59 Å². The molecule has 0 spiro atoms. The Bertz CT molecular complexity index is 969. The lowest BCUT2D eigenvalue weighted by Gasteiger charge is -2.08. The van der Waals surface area contributed by atoms with Crippen LogP contribution in [0.2, 0.25) is 0 Å². The molecule has 3 rings (SSSR count). The molecule has 0 aliphatic heterocycles. The third-order valence-electron chi connectivity index (χ3n) is 4.17. The summed E-state index contributed by atoms with van der Waals surface area (Å²) in [6.07, 6.45) is 0. The van der Waals surface area contributed by atoms with Crippen molar-refractivity contribution in [1.82, 2.24) is 0 Å². The van der Waals surface area contributed by atoms with Crippen molar-refractivity contribution in [3.8, 4) is 5.75 Å². The molecule has 29 heavy (non-hydrogen) atoms. The molecule has 0 fully saturated rings. The number of anilines is 2. The van der Waals surface area contributed by atoms with Gasteiger partial charge in [-0.2, -0.15) is 0 Å². The lowest BCUT2D eigenvalue weighted by molar-refractivity contribution is -0.113. The van der Waals surface area contributed by atoms with Gasteiger partial charge in [0.15, 0.2) is 0 Å². The molecular formula is C23H22N2O3S. The first-order valence-corrected chi connectivity index (χ1v) is 10.1. The van der Waals surface area contributed by atoms with Crippen LogP contribution in [0.15, 0.2) is 77.7 Å². The van der Waals surface area contributed by atoms with E-state index < -0.39 is 0 Å². The van der Waals surface area contributed by atoms with Crippen molar-refractivity contribution in [3.05, 3.63) is 83.9 Å². The molecule has 0 atom stereocenters. The third-order valence-corrected chi connectivity index (χ3v) is 5.18. The Kier molecular flexibility index (Phi) is 6.92. The monoisotopic (exact) mass is 406 g/mol. The van der Waals surface area contributed by atoms with E-state index in [0.717, 1.165) is 16.1 Å². The molecule has 0 saturated carbocycles. The Morgan fingerprint density at radius 2 is 1.41 bits per heavy atom. The largest absolute Gasteiger partial charge is 0.497 e. The number of hydrogen-bond donors (Lipinski definition) is 2. The number of hydrogen-bond acceptors (Lipinski definition) is 4. The van der Waals surface area contributed by atoms with Crippen molar-refractivity contribution < 1.29 is 14.3 Å². The fourth-order valence-corrected chi connectivity index (χ4v) is 3.26. The normalized spacial score (nSPS) is 10.3. The summed E-state index contributed by atoms with van der Waals surface area (Å²) in [7, 11) is 1.58. The van der Waals surface area contributed by atoms with Crippen LogP contribution in [0.4, 0.5) is 11.4 Å². The molecule has 0 aromatic heterocycles. The summed E-state index contributed by atoms with van der Waals surface area (Å²) in [6.45, 7) is 2.00. The third kappa shape index (κ3) is 6.12. The smallest absolute Gasteiger partial charge is 0.255 e. The molecule has 0 aliphatic rings. The number of carbonyl (C=O) groups excluding carboxylic acids is 2. The maximum atomic E-state index is 12.3. The maximum absolute atomic E-state index is 12.3. The van der Waals surface area contributed by atoms with Gasteiger partial charge < -0.3 is 15.4 Å². The van der Waals surface area contributed by atoms with Gasteiger partial charge in [-0.05, 0) is 67.6 Å². The zero-order valence-corrected chi connectivity index (χ0v) is 17.1. The van der Waals surface area contributed by atoms with Gasteiger partial charge in [-0.3, -0.25) is 9.59 Å². The molecule has 0 unspecified atom stereocenters. The Hall–Kier alpha value is -3.25. The van der Waals surface area contributed by atoms with Crippen LogP contribution < -0.4 is 15.4 Å². The van der Waals surface area contributed by atoms with Crippen LogP contribution in [0.25, 0.3) is 0 Å². The minimum atomic E-state index is -0.189. The van der Waals surface area contributed by atoms with Crippen LogP contribution in [0.5, 0.6) is 5.75 Å². The SMILES string of the molecule is COc1ccc(C(=O)Nc2ccc(SCC(=O)Nc3ccc(C)cc3)cc2)cc1. The van der Waals surface area contributed by atoms with Gasteiger partial charge in [-0.25, -0.2) is 0 Å². The van der Waals surface area contributed by atoms with E-state index >= 15 is 0 Å². The molecule has 2 amide bonds. The first kappa shape index (κ1) is 20.5. The van der Waals surface area contributed by atoms with E-state index in [1.807, 2.05) is 55.5 Å². The summed E-state index contributed by atoms with van der Waals surface area (Å²) < 4.78 is 5.10. The quantitative estimate of drug-likeness (QED) is 0.543. The highest BCUT2D eigenvalue weighted by molar-refractivity contribution is 8.00. The molecular weight excluding hydrogens is 384 g/mol. The van der Waals surface area contributed by atoms with Gasteiger partial charge in [-0.15, -0.1) is 11.8 Å². The summed E-state index contributed by atoms with van der Waals surface area (Å²) in [5, 5.41) is 5.73. The van der Waals surface area contributed by atoms with E-state index in [2.05, 4.69) is 10.6 Å². The zero-order chi connectivity index (χ0) is 20.6. The molecule has 3 aromatic carbocycles. The molecule has 0 aliphatic carbocycles. The van der Waals surface area contributed by atoms with E-state index in [4.69, 9.17) is 4.74 Å². The van der Waals surface area contributed by atoms with E-state index in [-0.39, 0.29) is 11.8 Å². The minimum absolute atomic E-state index is 0.0595. The van der Waals surface area contributed by atoms with Gasteiger partial charge in [-0.1, -0.05) is 17.7 Å². The number of rotatable bonds is 7. The predicted octanol–water partition coefficient (Wildman–Crippen LogP) is 4.99. The first-order valence-electron chi connectivity index (χ1n) is 9.08. The van der Waals surface area contributed by atoms with Crippen LogP contribution in [-0.4, -0.2) is 24.7 Å². The van der Waals surface area contributed by atoms with Crippen molar-refractivity contribution in [2.75, 3.05) is 23.5 Å². The van der Waals surface area contributed by atoms with Crippen molar-refractivity contribution >= 4 is 35.0 Å². The van der Waals surface area contributed by atoms with Crippen LogP contribution in [0.3, 0.4) is 0 Å². The predicted molar refractivity (Wildman–Crippen MR) is 118 cm³/mol. The van der Waals surface area contributed by atoms with Gasteiger partial charge >= 0.3 is 0 Å². The average molecular weight is 407 g/mol. The van der Waals surface area contributed by atoms with E-state index in [0.29, 0.717) is 22.8 Å². The molecule has 0 bridgehead atoms. The summed E-state index contributed by atoms with van der Waals surface area (Å²) in [5.74, 6) is 0.765. The number of nitrogens with one attached hydrogen (secondary N) is 2. The second-order valence-electron chi connectivity index (χ2n) is 6.41. The Balaban J connectivity index is 1.49. The Labute approximate surface area is 174 Å². The highest BCUT2D eigenvalue weighted by Gasteiger charge is 2.07. The van der Waals surface area contributed by atoms with Gasteiger partial charge in [0.1, 0.15) is 5.75 Å². The lowest BCUT2D eigenvalue weighted by Crippen LogP contribution is -2.14. The first-order chi connectivity index (χ1) is 14.0. The van der Waals surface area contributed by atoms with E-state index in [1.165, 1.54) is 11.8 Å². The number of thioether (sulfide) groups is 1. The van der Waals surface area contributed by atoms with Crippen molar-refractivity contribution in [1.29, 1.82) is 0 Å². The number of aryl methyl sites for hydroxylation is 1. The highest BCUT2D eigenvalue weighted by atomic mass is 32.2. The van der Waals surface area contributed by atoms with Gasteiger partial charge in [0.05, 0.1) is 12.9 Å². The second kappa shape index (κ2) is 9.80. The van der Waals surface area contributed by atoms with Gasteiger partial charge in [0.25, 0.3) is 5.91 Å². The summed E-state index contributed by atoms with van der Waals surface area (Å²) in [6, 6.07) is 22.0. The maximum Gasteiger partial charge on any atom is 0.255 e. The van der Waals surface area contributed by atoms with Crippen LogP contribution in [0, 0.1) is 6.92 Å². The van der Waals surface area contributed by atoms with E-state index in [1.54, 1.807) is 31.4 Å². The van der Waals surface area contributed by atoms with Crippen LogP contribution in [-0.2, 0) is 4.79 Å². The molecule has 2 N–H and O–H groups in total. The molecule has 5 nitrogen and oxygen atoms in total. The van der Waals surface area contributed by atoms with Crippen molar-refractivity contribution in [2.45, 2.75) is 11.8 Å². The second-order valence-corrected chi connectivity index (χ2v) is 7.46. The molecule has 0 heterocycles. The molecule has 3 aromatic rings. The summed E-state index contributed by atoms with van der Waals surface area (Å²) >= 11 is 1.44. The zero-order valence-electron chi connectivity index (χ0n) is 16.3. The molecule has 6 heteroatoms. The molecule has 0 saturated heterocycles. The minimum Gasteiger partial charge on any atom is -0.497 e. The fourth-order valence-electron chi connectivity index (χ4n) is 2.56. The topological polar surface area (TPSA) is 67.4 Å². The Morgan fingerprint density at radius 3 is 2.03 bits per heavy atom. The fraction of sp³-hybridized carbons (Fsp3) is 0.130. The Morgan fingerprint density at radius 1 is 0.828 bits per heavy atom. The average Bonchev–Trinajstić information content (AvgIpc) is 2.75. The summed E-state index contributed by atoms with van der Waals surface area (Å²) in [4.78, 5) is 25.3. The van der Waals surface area contributed by atoms with Crippen LogP contribution in [0.1, 0.15) is 15.9 Å². The summed E-state index contributed by atoms with van der Waals surface area (Å²) in [5.41, 5.74) is 3.19. The highest BCUT2D eigenvalue weighted by Crippen LogP contribution is 2.21.